The van der Waals surface area contributed by atoms with Crippen LogP contribution in [0, 0.1) is 0 Å². The van der Waals surface area contributed by atoms with Crippen molar-refractivity contribution in [3.05, 3.63) is 71.8 Å². The number of hydrogen-bond acceptors (Lipinski definition) is 5. The van der Waals surface area contributed by atoms with Crippen molar-refractivity contribution in [2.75, 3.05) is 19.6 Å². The number of nitrogens with one attached hydrogen (secondary N) is 1. The maximum Gasteiger partial charge on any atom is 0.407 e. The van der Waals surface area contributed by atoms with E-state index in [1.807, 2.05) is 60.7 Å². The van der Waals surface area contributed by atoms with E-state index in [-0.39, 0.29) is 12.7 Å². The lowest BCUT2D eigenvalue weighted by atomic mass is 10.0. The molecule has 150 valence electrons. The van der Waals surface area contributed by atoms with E-state index in [9.17, 15) is 15.0 Å². The zero-order valence-corrected chi connectivity index (χ0v) is 15.9. The van der Waals surface area contributed by atoms with Crippen molar-refractivity contribution in [3.8, 4) is 0 Å². The Morgan fingerprint density at radius 2 is 1.68 bits per heavy atom. The smallest absolute Gasteiger partial charge is 0.407 e. The summed E-state index contributed by atoms with van der Waals surface area (Å²) in [5.41, 5.74) is 1.65. The van der Waals surface area contributed by atoms with Crippen molar-refractivity contribution in [1.82, 2.24) is 10.2 Å². The molecular formula is C22H28N2O4. The van der Waals surface area contributed by atoms with Crippen LogP contribution < -0.4 is 5.32 Å². The number of aliphatic hydroxyl groups is 2. The molecule has 28 heavy (non-hydrogen) atoms. The third-order valence-corrected chi connectivity index (χ3v) is 5.05. The number of nitrogens with zero attached hydrogens (tertiary/aromatic N) is 1. The van der Waals surface area contributed by atoms with Crippen LogP contribution in [0.15, 0.2) is 60.7 Å². The van der Waals surface area contributed by atoms with Crippen LogP contribution in [0.2, 0.25) is 0 Å². The molecule has 1 amide bonds. The van der Waals surface area contributed by atoms with Gasteiger partial charge in [-0.2, -0.15) is 0 Å². The fourth-order valence-corrected chi connectivity index (χ4v) is 3.40. The predicted octanol–water partition coefficient (Wildman–Crippen LogP) is 2.47. The van der Waals surface area contributed by atoms with E-state index in [1.165, 1.54) is 0 Å². The fraction of sp³-hybridized carbons (Fsp3) is 0.409. The SMILES string of the molecule is O=C(N[C@@H](CN1CCC(O)CC1)[C@@H](O)c1ccccc1)OCc1ccccc1. The van der Waals surface area contributed by atoms with E-state index >= 15 is 0 Å². The topological polar surface area (TPSA) is 82.0 Å². The molecule has 3 rings (SSSR count). The molecule has 0 unspecified atom stereocenters. The summed E-state index contributed by atoms with van der Waals surface area (Å²) in [6, 6.07) is 18.3. The van der Waals surface area contributed by atoms with Gasteiger partial charge in [-0.15, -0.1) is 0 Å². The summed E-state index contributed by atoms with van der Waals surface area (Å²) >= 11 is 0. The molecule has 0 aromatic heterocycles. The Hall–Kier alpha value is -2.41. The summed E-state index contributed by atoms with van der Waals surface area (Å²) in [5.74, 6) is 0. The van der Waals surface area contributed by atoms with Gasteiger partial charge < -0.3 is 25.2 Å². The van der Waals surface area contributed by atoms with Gasteiger partial charge >= 0.3 is 6.09 Å². The number of rotatable bonds is 7. The number of aliphatic hydroxyl groups excluding tert-OH is 2. The molecule has 1 saturated heterocycles. The maximum absolute atomic E-state index is 12.4. The number of ether oxygens (including phenoxy) is 1. The van der Waals surface area contributed by atoms with Gasteiger partial charge in [-0.05, 0) is 24.0 Å². The monoisotopic (exact) mass is 384 g/mol. The van der Waals surface area contributed by atoms with Crippen molar-refractivity contribution in [2.45, 2.75) is 37.7 Å². The highest BCUT2D eigenvalue weighted by Crippen LogP contribution is 2.19. The Morgan fingerprint density at radius 1 is 1.07 bits per heavy atom. The Bertz CT molecular complexity index is 718. The van der Waals surface area contributed by atoms with Crippen molar-refractivity contribution in [1.29, 1.82) is 0 Å². The van der Waals surface area contributed by atoms with Gasteiger partial charge in [0.15, 0.2) is 0 Å². The highest BCUT2D eigenvalue weighted by Gasteiger charge is 2.27. The van der Waals surface area contributed by atoms with Crippen LogP contribution in [-0.4, -0.2) is 53.0 Å². The van der Waals surface area contributed by atoms with E-state index < -0.39 is 18.2 Å². The van der Waals surface area contributed by atoms with Crippen LogP contribution in [0.5, 0.6) is 0 Å². The zero-order valence-electron chi connectivity index (χ0n) is 15.9. The number of carbonyl (C=O) groups excluding carboxylic acids is 1. The van der Waals surface area contributed by atoms with Crippen LogP contribution >= 0.6 is 0 Å². The summed E-state index contributed by atoms with van der Waals surface area (Å²) < 4.78 is 5.33. The summed E-state index contributed by atoms with van der Waals surface area (Å²) in [5, 5.41) is 23.4. The van der Waals surface area contributed by atoms with E-state index in [0.29, 0.717) is 19.4 Å². The number of hydrogen-bond donors (Lipinski definition) is 3. The highest BCUT2D eigenvalue weighted by atomic mass is 16.5. The number of benzene rings is 2. The van der Waals surface area contributed by atoms with Crippen LogP contribution in [0.25, 0.3) is 0 Å². The minimum Gasteiger partial charge on any atom is -0.445 e. The van der Waals surface area contributed by atoms with Gasteiger partial charge in [-0.25, -0.2) is 4.79 Å². The molecular weight excluding hydrogens is 356 g/mol. The molecule has 0 bridgehead atoms. The minimum absolute atomic E-state index is 0.177. The molecule has 0 spiro atoms. The molecule has 0 aliphatic carbocycles. The second kappa shape index (κ2) is 10.2. The van der Waals surface area contributed by atoms with Crippen LogP contribution in [0.3, 0.4) is 0 Å². The minimum atomic E-state index is -0.850. The quantitative estimate of drug-likeness (QED) is 0.683. The molecule has 2 atom stereocenters. The van der Waals surface area contributed by atoms with Gasteiger partial charge in [0.05, 0.1) is 12.1 Å². The molecule has 1 aliphatic rings. The number of carbonyl (C=O) groups is 1. The summed E-state index contributed by atoms with van der Waals surface area (Å²) in [7, 11) is 0. The lowest BCUT2D eigenvalue weighted by Crippen LogP contribution is -2.49. The maximum atomic E-state index is 12.4. The zero-order chi connectivity index (χ0) is 19.8. The molecule has 3 N–H and O–H groups in total. The van der Waals surface area contributed by atoms with Crippen molar-refractivity contribution in [2.24, 2.45) is 0 Å². The normalized spacial score (nSPS) is 17.6. The standard InChI is InChI=1S/C22H28N2O4/c25-19-11-13-24(14-12-19)15-20(21(26)18-9-5-2-6-10-18)23-22(27)28-16-17-7-3-1-4-8-17/h1-10,19-21,25-26H,11-16H2,(H,23,27)/t20-,21-/m0/s1. The van der Waals surface area contributed by atoms with E-state index in [1.54, 1.807) is 0 Å². The largest absolute Gasteiger partial charge is 0.445 e. The predicted molar refractivity (Wildman–Crippen MR) is 107 cm³/mol. The van der Waals surface area contributed by atoms with Crippen molar-refractivity contribution < 1.29 is 19.7 Å². The van der Waals surface area contributed by atoms with Gasteiger partial charge in [-0.1, -0.05) is 60.7 Å². The Morgan fingerprint density at radius 3 is 2.32 bits per heavy atom. The van der Waals surface area contributed by atoms with E-state index in [4.69, 9.17) is 4.74 Å². The Labute approximate surface area is 165 Å². The lowest BCUT2D eigenvalue weighted by molar-refractivity contribution is 0.0521. The summed E-state index contributed by atoms with van der Waals surface area (Å²) in [6.45, 7) is 2.14. The van der Waals surface area contributed by atoms with Gasteiger partial charge in [0.1, 0.15) is 12.7 Å². The first-order valence-electron chi connectivity index (χ1n) is 9.72. The first kappa shape index (κ1) is 20.3. The number of alkyl carbamates (subject to hydrolysis) is 1. The molecule has 1 aliphatic heterocycles. The van der Waals surface area contributed by atoms with E-state index in [2.05, 4.69) is 10.2 Å². The van der Waals surface area contributed by atoms with Gasteiger partial charge in [0.2, 0.25) is 0 Å². The molecule has 0 radical (unpaired) electrons. The molecule has 2 aromatic rings. The third-order valence-electron chi connectivity index (χ3n) is 5.05. The second-order valence-electron chi connectivity index (χ2n) is 7.20. The molecule has 0 saturated carbocycles. The molecule has 1 fully saturated rings. The van der Waals surface area contributed by atoms with Crippen molar-refractivity contribution >= 4 is 6.09 Å². The van der Waals surface area contributed by atoms with E-state index in [0.717, 1.165) is 24.2 Å². The third kappa shape index (κ3) is 6.05. The molecule has 1 heterocycles. The number of piperidine rings is 1. The van der Waals surface area contributed by atoms with Crippen LogP contribution in [0.1, 0.15) is 30.1 Å². The highest BCUT2D eigenvalue weighted by molar-refractivity contribution is 5.67. The molecule has 6 nitrogen and oxygen atoms in total. The second-order valence-corrected chi connectivity index (χ2v) is 7.20. The Balaban J connectivity index is 1.62. The summed E-state index contributed by atoms with van der Waals surface area (Å²) in [4.78, 5) is 14.5. The first-order valence-corrected chi connectivity index (χ1v) is 9.72. The number of likely N-dealkylation sites (tertiary alicyclic amines) is 1. The van der Waals surface area contributed by atoms with Gasteiger partial charge in [0.25, 0.3) is 0 Å². The lowest BCUT2D eigenvalue weighted by Gasteiger charge is -2.34. The van der Waals surface area contributed by atoms with Crippen LogP contribution in [-0.2, 0) is 11.3 Å². The van der Waals surface area contributed by atoms with Gasteiger partial charge in [0, 0.05) is 19.6 Å². The summed E-state index contributed by atoms with van der Waals surface area (Å²) in [6.07, 6.45) is -0.269. The Kier molecular flexibility index (Phi) is 7.42. The molecule has 2 aromatic carbocycles. The van der Waals surface area contributed by atoms with Crippen LogP contribution in [0.4, 0.5) is 4.79 Å². The molecule has 6 heteroatoms. The average Bonchev–Trinajstić information content (AvgIpc) is 2.74. The average molecular weight is 384 g/mol. The number of amides is 1. The first-order chi connectivity index (χ1) is 13.6. The van der Waals surface area contributed by atoms with Gasteiger partial charge in [-0.3, -0.25) is 0 Å². The van der Waals surface area contributed by atoms with Crippen molar-refractivity contribution in [3.63, 3.8) is 0 Å². The fourth-order valence-electron chi connectivity index (χ4n) is 3.40.